The summed E-state index contributed by atoms with van der Waals surface area (Å²) in [6.07, 6.45) is 0. The Morgan fingerprint density at radius 1 is 0.905 bits per heavy atom. The van der Waals surface area contributed by atoms with Crippen molar-refractivity contribution in [3.63, 3.8) is 0 Å². The number of ether oxygens (including phenoxy) is 1. The standard InChI is InChI=1S/C15H12O6/c16-11-7-3-2-6-10(11)15(20)14(18,19)13(17)9-5-1-4-8-12(9)21-15/h1-8,16,18-20H. The van der Waals surface area contributed by atoms with Gasteiger partial charge in [0.25, 0.3) is 0 Å². The first kappa shape index (κ1) is 13.6. The van der Waals surface area contributed by atoms with Crippen molar-refractivity contribution in [2.24, 2.45) is 0 Å². The minimum Gasteiger partial charge on any atom is -0.507 e. The van der Waals surface area contributed by atoms with Crippen LogP contribution in [0.3, 0.4) is 0 Å². The molecule has 0 fully saturated rings. The number of hydrogen-bond donors (Lipinski definition) is 4. The molecule has 1 unspecified atom stereocenters. The Morgan fingerprint density at radius 3 is 2.24 bits per heavy atom. The van der Waals surface area contributed by atoms with Gasteiger partial charge in [0.2, 0.25) is 5.78 Å². The first-order valence-electron chi connectivity index (χ1n) is 6.16. The van der Waals surface area contributed by atoms with Crippen LogP contribution in [0.5, 0.6) is 11.5 Å². The number of hydrogen-bond acceptors (Lipinski definition) is 6. The maximum Gasteiger partial charge on any atom is 0.301 e. The van der Waals surface area contributed by atoms with E-state index in [9.17, 15) is 25.2 Å². The number of ketones is 1. The van der Waals surface area contributed by atoms with Crippen molar-refractivity contribution in [3.05, 3.63) is 59.7 Å². The number of rotatable bonds is 1. The fourth-order valence-corrected chi connectivity index (χ4v) is 2.32. The first-order valence-corrected chi connectivity index (χ1v) is 6.16. The molecule has 1 atom stereocenters. The number of Topliss-reactive ketones (excluding diaryl/α,β-unsaturated/α-hetero) is 1. The summed E-state index contributed by atoms with van der Waals surface area (Å²) < 4.78 is 5.25. The molecular formula is C15H12O6. The summed E-state index contributed by atoms with van der Waals surface area (Å²) in [6.45, 7) is 0. The summed E-state index contributed by atoms with van der Waals surface area (Å²) in [6, 6.07) is 11.3. The molecule has 0 radical (unpaired) electrons. The molecule has 3 rings (SSSR count). The molecule has 108 valence electrons. The summed E-state index contributed by atoms with van der Waals surface area (Å²) in [5, 5.41) is 40.6. The van der Waals surface area contributed by atoms with E-state index in [-0.39, 0.29) is 16.9 Å². The van der Waals surface area contributed by atoms with Crippen molar-refractivity contribution < 1.29 is 30.0 Å². The lowest BCUT2D eigenvalue weighted by molar-refractivity contribution is -0.328. The Hall–Kier alpha value is -2.41. The highest BCUT2D eigenvalue weighted by Gasteiger charge is 2.62. The van der Waals surface area contributed by atoms with Crippen molar-refractivity contribution in [2.75, 3.05) is 0 Å². The van der Waals surface area contributed by atoms with Crippen molar-refractivity contribution in [1.29, 1.82) is 0 Å². The van der Waals surface area contributed by atoms with Crippen LogP contribution in [0.4, 0.5) is 0 Å². The van der Waals surface area contributed by atoms with Crippen molar-refractivity contribution in [1.82, 2.24) is 0 Å². The number of aromatic hydroxyl groups is 1. The maximum atomic E-state index is 12.2. The van der Waals surface area contributed by atoms with Crippen LogP contribution in [0.25, 0.3) is 0 Å². The Morgan fingerprint density at radius 2 is 1.52 bits per heavy atom. The fraction of sp³-hybridized carbons (Fsp3) is 0.133. The van der Waals surface area contributed by atoms with E-state index < -0.39 is 23.1 Å². The molecule has 0 saturated carbocycles. The molecule has 6 heteroatoms. The Labute approximate surface area is 119 Å². The van der Waals surface area contributed by atoms with E-state index in [1.807, 2.05) is 0 Å². The zero-order valence-electron chi connectivity index (χ0n) is 10.7. The molecular weight excluding hydrogens is 276 g/mol. The highest BCUT2D eigenvalue weighted by Crippen LogP contribution is 2.45. The Balaban J connectivity index is 2.25. The number of benzene rings is 2. The average Bonchev–Trinajstić information content (AvgIpc) is 2.46. The van der Waals surface area contributed by atoms with Gasteiger partial charge in [0, 0.05) is 0 Å². The van der Waals surface area contributed by atoms with Crippen LogP contribution in [-0.4, -0.2) is 32.0 Å². The van der Waals surface area contributed by atoms with Gasteiger partial charge in [-0.1, -0.05) is 24.3 Å². The number of para-hydroxylation sites is 2. The van der Waals surface area contributed by atoms with Gasteiger partial charge in [-0.05, 0) is 24.3 Å². The molecule has 2 aromatic rings. The van der Waals surface area contributed by atoms with Crippen molar-refractivity contribution in [2.45, 2.75) is 11.6 Å². The molecule has 0 saturated heterocycles. The lowest BCUT2D eigenvalue weighted by atomic mass is 9.87. The number of aliphatic hydroxyl groups is 3. The molecule has 6 nitrogen and oxygen atoms in total. The van der Waals surface area contributed by atoms with Gasteiger partial charge in [0.15, 0.2) is 0 Å². The van der Waals surface area contributed by atoms with Crippen LogP contribution in [0.15, 0.2) is 48.5 Å². The second-order valence-electron chi connectivity index (χ2n) is 4.76. The highest BCUT2D eigenvalue weighted by molar-refractivity contribution is 6.05. The Bertz CT molecular complexity index is 724. The van der Waals surface area contributed by atoms with Crippen LogP contribution in [0.2, 0.25) is 0 Å². The normalized spacial score (nSPS) is 23.3. The third-order valence-electron chi connectivity index (χ3n) is 3.45. The number of phenolic OH excluding ortho intramolecular Hbond substituents is 1. The summed E-state index contributed by atoms with van der Waals surface area (Å²) in [5.41, 5.74) is -0.388. The lowest BCUT2D eigenvalue weighted by Gasteiger charge is -2.42. The van der Waals surface area contributed by atoms with Gasteiger partial charge in [0.1, 0.15) is 11.5 Å². The molecule has 21 heavy (non-hydrogen) atoms. The van der Waals surface area contributed by atoms with Gasteiger partial charge >= 0.3 is 11.6 Å². The SMILES string of the molecule is O=C1c2ccccc2OC(O)(c2ccccc2O)C1(O)O. The average molecular weight is 288 g/mol. The van der Waals surface area contributed by atoms with Crippen LogP contribution in [0, 0.1) is 0 Å². The fourth-order valence-electron chi connectivity index (χ4n) is 2.32. The van der Waals surface area contributed by atoms with Gasteiger partial charge in [-0.3, -0.25) is 4.79 Å². The molecule has 1 aliphatic heterocycles. The van der Waals surface area contributed by atoms with Gasteiger partial charge in [-0.2, -0.15) is 0 Å². The molecule has 1 aliphatic rings. The van der Waals surface area contributed by atoms with Gasteiger partial charge in [0.05, 0.1) is 11.1 Å². The van der Waals surface area contributed by atoms with Gasteiger partial charge in [-0.25, -0.2) is 0 Å². The molecule has 0 bridgehead atoms. The highest BCUT2D eigenvalue weighted by atomic mass is 16.7. The minimum atomic E-state index is -3.24. The zero-order valence-corrected chi connectivity index (χ0v) is 10.7. The van der Waals surface area contributed by atoms with E-state index in [1.54, 1.807) is 6.07 Å². The molecule has 0 spiro atoms. The summed E-state index contributed by atoms with van der Waals surface area (Å²) in [5.74, 6) is -7.61. The predicted molar refractivity (Wildman–Crippen MR) is 70.6 cm³/mol. The number of fused-ring (bicyclic) bond motifs is 1. The number of phenols is 1. The van der Waals surface area contributed by atoms with Gasteiger partial charge in [-0.15, -0.1) is 0 Å². The predicted octanol–water partition coefficient (Wildman–Crippen LogP) is 0.494. The van der Waals surface area contributed by atoms with E-state index in [0.29, 0.717) is 0 Å². The van der Waals surface area contributed by atoms with Crippen LogP contribution in [0.1, 0.15) is 15.9 Å². The van der Waals surface area contributed by atoms with Crippen LogP contribution in [-0.2, 0) is 5.79 Å². The largest absolute Gasteiger partial charge is 0.507 e. The molecule has 4 N–H and O–H groups in total. The third-order valence-corrected chi connectivity index (χ3v) is 3.45. The third kappa shape index (κ3) is 1.74. The van der Waals surface area contributed by atoms with Crippen LogP contribution >= 0.6 is 0 Å². The second-order valence-corrected chi connectivity index (χ2v) is 4.76. The molecule has 2 aromatic carbocycles. The number of carbonyl (C=O) groups excluding carboxylic acids is 1. The van der Waals surface area contributed by atoms with E-state index in [2.05, 4.69) is 0 Å². The maximum absolute atomic E-state index is 12.2. The Kier molecular flexibility index (Phi) is 2.77. The molecule has 0 aliphatic carbocycles. The number of carbonyl (C=O) groups is 1. The molecule has 1 heterocycles. The summed E-state index contributed by atoms with van der Waals surface area (Å²) in [4.78, 5) is 12.2. The van der Waals surface area contributed by atoms with E-state index in [4.69, 9.17) is 4.74 Å². The minimum absolute atomic E-state index is 0.00743. The van der Waals surface area contributed by atoms with Crippen molar-refractivity contribution >= 4 is 5.78 Å². The van der Waals surface area contributed by atoms with Crippen LogP contribution < -0.4 is 4.74 Å². The molecule has 0 aromatic heterocycles. The monoisotopic (exact) mass is 288 g/mol. The van der Waals surface area contributed by atoms with E-state index >= 15 is 0 Å². The van der Waals surface area contributed by atoms with Gasteiger partial charge < -0.3 is 25.2 Å². The molecule has 0 amide bonds. The second kappa shape index (κ2) is 4.29. The first-order chi connectivity index (χ1) is 9.88. The topological polar surface area (TPSA) is 107 Å². The quantitative estimate of drug-likeness (QED) is 0.569. The smallest absolute Gasteiger partial charge is 0.301 e. The van der Waals surface area contributed by atoms with Crippen molar-refractivity contribution in [3.8, 4) is 11.5 Å². The van der Waals surface area contributed by atoms with E-state index in [1.165, 1.54) is 42.5 Å². The summed E-state index contributed by atoms with van der Waals surface area (Å²) in [7, 11) is 0. The zero-order chi connectivity index (χ0) is 15.3. The summed E-state index contributed by atoms with van der Waals surface area (Å²) >= 11 is 0. The van der Waals surface area contributed by atoms with E-state index in [0.717, 1.165) is 0 Å². The lowest BCUT2D eigenvalue weighted by Crippen LogP contribution is -2.62.